The van der Waals surface area contributed by atoms with Crippen molar-refractivity contribution in [2.75, 3.05) is 20.8 Å². The van der Waals surface area contributed by atoms with E-state index in [0.717, 1.165) is 4.90 Å². The number of imide groups is 1. The highest BCUT2D eigenvalue weighted by Gasteiger charge is 2.48. The van der Waals surface area contributed by atoms with Crippen LogP contribution >= 0.6 is 0 Å². The van der Waals surface area contributed by atoms with Gasteiger partial charge in [-0.1, -0.05) is 12.1 Å². The van der Waals surface area contributed by atoms with E-state index in [1.165, 1.54) is 26.4 Å². The van der Waals surface area contributed by atoms with E-state index in [4.69, 9.17) is 14.2 Å². The predicted molar refractivity (Wildman–Crippen MR) is 81.2 cm³/mol. The van der Waals surface area contributed by atoms with Crippen LogP contribution in [0.3, 0.4) is 0 Å². The van der Waals surface area contributed by atoms with Crippen LogP contribution in [0.2, 0.25) is 0 Å². The lowest BCUT2D eigenvalue weighted by Crippen LogP contribution is -2.57. The van der Waals surface area contributed by atoms with Crippen molar-refractivity contribution >= 4 is 17.8 Å². The average molecular weight is 337 g/mol. The molecule has 0 saturated carbocycles. The lowest BCUT2D eigenvalue weighted by Gasteiger charge is -2.33. The number of aliphatic hydroxyl groups excluding tert-OH is 1. The van der Waals surface area contributed by atoms with Gasteiger partial charge in [0.2, 0.25) is 0 Å². The van der Waals surface area contributed by atoms with Gasteiger partial charge in [0.1, 0.15) is 6.04 Å². The number of ether oxygens (including phenoxy) is 3. The lowest BCUT2D eigenvalue weighted by atomic mass is 10.1. The number of esters is 1. The van der Waals surface area contributed by atoms with Crippen molar-refractivity contribution in [3.05, 3.63) is 35.4 Å². The second kappa shape index (κ2) is 7.52. The summed E-state index contributed by atoms with van der Waals surface area (Å²) in [6, 6.07) is 4.85. The molecule has 1 heterocycles. The van der Waals surface area contributed by atoms with Crippen LogP contribution in [0.25, 0.3) is 0 Å². The molecule has 0 spiro atoms. The molecule has 8 nitrogen and oxygen atoms in total. The van der Waals surface area contributed by atoms with Crippen LogP contribution < -0.4 is 0 Å². The summed E-state index contributed by atoms with van der Waals surface area (Å²) in [5.74, 6) is -2.25. The molecule has 8 heteroatoms. The van der Waals surface area contributed by atoms with Crippen LogP contribution in [-0.4, -0.2) is 67.1 Å². The van der Waals surface area contributed by atoms with E-state index in [1.54, 1.807) is 19.1 Å². The van der Waals surface area contributed by atoms with Crippen LogP contribution in [0, 0.1) is 0 Å². The van der Waals surface area contributed by atoms with Crippen molar-refractivity contribution in [3.8, 4) is 0 Å². The molecule has 1 aromatic carbocycles. The van der Waals surface area contributed by atoms with E-state index >= 15 is 0 Å². The third-order valence-corrected chi connectivity index (χ3v) is 3.72. The monoisotopic (exact) mass is 337 g/mol. The fraction of sp³-hybridized carbons (Fsp3) is 0.438. The fourth-order valence-corrected chi connectivity index (χ4v) is 2.63. The van der Waals surface area contributed by atoms with Gasteiger partial charge in [0.05, 0.1) is 17.7 Å². The summed E-state index contributed by atoms with van der Waals surface area (Å²) in [7, 11) is 2.55. The molecule has 2 amide bonds. The van der Waals surface area contributed by atoms with Crippen molar-refractivity contribution in [1.82, 2.24) is 4.90 Å². The molecule has 2 atom stereocenters. The van der Waals surface area contributed by atoms with Crippen molar-refractivity contribution in [2.45, 2.75) is 25.4 Å². The van der Waals surface area contributed by atoms with Crippen molar-refractivity contribution in [3.63, 3.8) is 0 Å². The first-order chi connectivity index (χ1) is 11.5. The Balaban J connectivity index is 2.43. The number of rotatable bonds is 7. The van der Waals surface area contributed by atoms with Gasteiger partial charge in [-0.3, -0.25) is 14.5 Å². The Morgan fingerprint density at radius 3 is 2.04 bits per heavy atom. The Morgan fingerprint density at radius 1 is 1.12 bits per heavy atom. The molecular weight excluding hydrogens is 318 g/mol. The molecule has 0 bridgehead atoms. The molecule has 0 aliphatic carbocycles. The van der Waals surface area contributed by atoms with E-state index < -0.39 is 36.2 Å². The number of carbonyl (C=O) groups excluding carboxylic acids is 3. The Bertz CT molecular complexity index is 606. The summed E-state index contributed by atoms with van der Waals surface area (Å²) in [6.45, 7) is 1.61. The predicted octanol–water partition coefficient (Wildman–Crippen LogP) is 0.194. The normalized spacial score (nSPS) is 16.3. The minimum atomic E-state index is -1.81. The van der Waals surface area contributed by atoms with Gasteiger partial charge < -0.3 is 19.3 Å². The summed E-state index contributed by atoms with van der Waals surface area (Å²) >= 11 is 0. The molecule has 0 fully saturated rings. The van der Waals surface area contributed by atoms with Crippen LogP contribution in [0.5, 0.6) is 0 Å². The second-order valence-electron chi connectivity index (χ2n) is 5.05. The van der Waals surface area contributed by atoms with Gasteiger partial charge >= 0.3 is 5.97 Å². The van der Waals surface area contributed by atoms with Gasteiger partial charge in [-0.25, -0.2) is 4.79 Å². The van der Waals surface area contributed by atoms with Crippen LogP contribution in [0.4, 0.5) is 0 Å². The second-order valence-corrected chi connectivity index (χ2v) is 5.05. The van der Waals surface area contributed by atoms with Crippen LogP contribution in [0.1, 0.15) is 27.6 Å². The summed E-state index contributed by atoms with van der Waals surface area (Å²) < 4.78 is 14.9. The number of hydrogen-bond donors (Lipinski definition) is 1. The number of hydrogen-bond acceptors (Lipinski definition) is 7. The number of amides is 2. The maximum absolute atomic E-state index is 12.6. The molecule has 0 radical (unpaired) electrons. The summed E-state index contributed by atoms with van der Waals surface area (Å²) in [6.07, 6.45) is -3.01. The van der Waals surface area contributed by atoms with Crippen molar-refractivity contribution in [1.29, 1.82) is 0 Å². The first-order valence-corrected chi connectivity index (χ1v) is 7.35. The summed E-state index contributed by atoms with van der Waals surface area (Å²) in [5, 5.41) is 10.3. The quantitative estimate of drug-likeness (QED) is 0.430. The molecule has 2 rings (SSSR count). The van der Waals surface area contributed by atoms with Crippen LogP contribution in [-0.2, 0) is 19.0 Å². The van der Waals surface area contributed by atoms with Gasteiger partial charge in [-0.05, 0) is 19.1 Å². The third kappa shape index (κ3) is 3.03. The lowest BCUT2D eigenvalue weighted by molar-refractivity contribution is -0.179. The molecule has 2 unspecified atom stereocenters. The molecule has 1 aliphatic heterocycles. The van der Waals surface area contributed by atoms with Gasteiger partial charge in [-0.15, -0.1) is 0 Å². The minimum Gasteiger partial charge on any atom is -0.464 e. The van der Waals surface area contributed by atoms with E-state index in [0.29, 0.717) is 0 Å². The highest BCUT2D eigenvalue weighted by atomic mass is 16.7. The molecule has 0 saturated heterocycles. The van der Waals surface area contributed by atoms with Gasteiger partial charge in [0.25, 0.3) is 11.8 Å². The maximum atomic E-state index is 12.6. The summed E-state index contributed by atoms with van der Waals surface area (Å²) in [5.41, 5.74) is 0.379. The van der Waals surface area contributed by atoms with Crippen molar-refractivity contribution < 1.29 is 33.7 Å². The van der Waals surface area contributed by atoms with E-state index in [2.05, 4.69) is 0 Å². The third-order valence-electron chi connectivity index (χ3n) is 3.72. The first kappa shape index (κ1) is 18.1. The number of fused-ring (bicyclic) bond motifs is 1. The zero-order chi connectivity index (χ0) is 17.9. The number of nitrogens with zero attached hydrogens (tertiary/aromatic N) is 1. The number of aliphatic hydroxyl groups is 1. The molecule has 130 valence electrons. The van der Waals surface area contributed by atoms with E-state index in [1.807, 2.05) is 0 Å². The zero-order valence-electron chi connectivity index (χ0n) is 13.6. The molecule has 0 aromatic heterocycles. The highest BCUT2D eigenvalue weighted by molar-refractivity contribution is 6.21. The number of methoxy groups -OCH3 is 2. The van der Waals surface area contributed by atoms with E-state index in [-0.39, 0.29) is 17.7 Å². The Hall–Kier alpha value is -2.29. The minimum absolute atomic E-state index is 0.0371. The fourth-order valence-electron chi connectivity index (χ4n) is 2.63. The Kier molecular flexibility index (Phi) is 5.66. The zero-order valence-corrected chi connectivity index (χ0v) is 13.6. The summed E-state index contributed by atoms with van der Waals surface area (Å²) in [4.78, 5) is 37.9. The molecule has 1 aromatic rings. The molecule has 24 heavy (non-hydrogen) atoms. The maximum Gasteiger partial charge on any atom is 0.337 e. The highest BCUT2D eigenvalue weighted by Crippen LogP contribution is 2.28. The largest absolute Gasteiger partial charge is 0.464 e. The Labute approximate surface area is 138 Å². The van der Waals surface area contributed by atoms with Gasteiger partial charge in [0, 0.05) is 14.2 Å². The Morgan fingerprint density at radius 2 is 1.62 bits per heavy atom. The standard InChI is InChI=1S/C16H19NO7/c1-4-24-15(21)12(18)11(16(22-2)23-3)17-13(19)9-7-5-6-8-10(9)14(17)20/h5-8,11-12,16,18H,4H2,1-3H3. The smallest absolute Gasteiger partial charge is 0.337 e. The number of carbonyl (C=O) groups is 3. The first-order valence-electron chi connectivity index (χ1n) is 7.35. The molecule has 1 aliphatic rings. The SMILES string of the molecule is CCOC(=O)C(O)C(C(OC)OC)N1C(=O)c2ccccc2C1=O. The van der Waals surface area contributed by atoms with Gasteiger partial charge in [-0.2, -0.15) is 0 Å². The molecule has 1 N–H and O–H groups in total. The van der Waals surface area contributed by atoms with Gasteiger partial charge in [0.15, 0.2) is 12.4 Å². The average Bonchev–Trinajstić information content (AvgIpc) is 2.84. The van der Waals surface area contributed by atoms with E-state index in [9.17, 15) is 19.5 Å². The topological polar surface area (TPSA) is 102 Å². The van der Waals surface area contributed by atoms with Crippen LogP contribution in [0.15, 0.2) is 24.3 Å². The van der Waals surface area contributed by atoms with Crippen molar-refractivity contribution in [2.24, 2.45) is 0 Å². The number of benzene rings is 1. The molecular formula is C16H19NO7.